The Hall–Kier alpha value is -3.20. The highest BCUT2D eigenvalue weighted by atomic mass is 32.2. The number of nitrogens with one attached hydrogen (secondary N) is 1. The molecule has 1 heterocycles. The molecule has 3 rings (SSSR count). The molecule has 0 unspecified atom stereocenters. The van der Waals surface area contributed by atoms with Gasteiger partial charge in [-0.1, -0.05) is 42.0 Å². The van der Waals surface area contributed by atoms with Crippen LogP contribution in [0.5, 0.6) is 6.01 Å². The number of benzene rings is 2. The minimum Gasteiger partial charge on any atom is -0.459 e. The van der Waals surface area contributed by atoms with Gasteiger partial charge in [0.05, 0.1) is 11.1 Å². The molecule has 7 nitrogen and oxygen atoms in total. The van der Waals surface area contributed by atoms with Crippen LogP contribution in [-0.4, -0.2) is 14.9 Å². The summed E-state index contributed by atoms with van der Waals surface area (Å²) < 4.78 is 22.1. The van der Waals surface area contributed by atoms with Gasteiger partial charge in [-0.25, -0.2) is 9.37 Å². The Morgan fingerprint density at radius 1 is 1.22 bits per heavy atom. The zero-order chi connectivity index (χ0) is 19.2. The van der Waals surface area contributed by atoms with E-state index in [1.54, 1.807) is 18.2 Å². The highest BCUT2D eigenvalue weighted by molar-refractivity contribution is 8.00. The highest BCUT2D eigenvalue weighted by Gasteiger charge is 2.15. The standard InChI is InChI=1S/C18H15FN4O3S/c1-12-6-8-13(9-7-12)11-26-18-20-10-14(19)17(21-18)22-27-16-5-3-2-4-15(16)23(24)25/h2-10H,11H2,1H3,(H,20,21,22). The molecule has 0 saturated carbocycles. The Balaban J connectivity index is 1.68. The first-order valence-electron chi connectivity index (χ1n) is 7.90. The van der Waals surface area contributed by atoms with Gasteiger partial charge in [0.2, 0.25) is 0 Å². The fourth-order valence-corrected chi connectivity index (χ4v) is 2.87. The Morgan fingerprint density at radius 2 is 1.96 bits per heavy atom. The second-order valence-corrected chi connectivity index (χ2v) is 6.40. The van der Waals surface area contributed by atoms with Crippen molar-refractivity contribution in [1.29, 1.82) is 0 Å². The largest absolute Gasteiger partial charge is 0.459 e. The first-order valence-corrected chi connectivity index (χ1v) is 8.72. The minimum absolute atomic E-state index is 0.00244. The van der Waals surface area contributed by atoms with Crippen LogP contribution in [0, 0.1) is 22.9 Å². The van der Waals surface area contributed by atoms with Crippen molar-refractivity contribution in [3.05, 3.63) is 81.8 Å². The summed E-state index contributed by atoms with van der Waals surface area (Å²) >= 11 is 0.890. The lowest BCUT2D eigenvalue weighted by Gasteiger charge is -2.09. The Morgan fingerprint density at radius 3 is 2.70 bits per heavy atom. The zero-order valence-corrected chi connectivity index (χ0v) is 15.1. The SMILES string of the molecule is Cc1ccc(COc2ncc(F)c(NSc3ccccc3[N+](=O)[O-])n2)cc1. The molecule has 138 valence electrons. The molecule has 0 atom stereocenters. The van der Waals surface area contributed by atoms with Crippen molar-refractivity contribution < 1.29 is 14.1 Å². The smallest absolute Gasteiger partial charge is 0.318 e. The van der Waals surface area contributed by atoms with Crippen LogP contribution in [0.15, 0.2) is 59.6 Å². The van der Waals surface area contributed by atoms with Crippen LogP contribution >= 0.6 is 11.9 Å². The number of anilines is 1. The topological polar surface area (TPSA) is 90.2 Å². The molecule has 1 aromatic heterocycles. The van der Waals surface area contributed by atoms with Gasteiger partial charge in [-0.15, -0.1) is 0 Å². The van der Waals surface area contributed by atoms with E-state index in [-0.39, 0.29) is 24.1 Å². The Bertz CT molecular complexity index is 954. The molecule has 2 aromatic carbocycles. The molecule has 27 heavy (non-hydrogen) atoms. The lowest BCUT2D eigenvalue weighted by atomic mass is 10.2. The monoisotopic (exact) mass is 386 g/mol. The third kappa shape index (κ3) is 4.91. The molecule has 9 heteroatoms. The molecule has 0 radical (unpaired) electrons. The molecule has 0 aliphatic heterocycles. The maximum atomic E-state index is 13.9. The number of para-hydroxylation sites is 1. The predicted molar refractivity (Wildman–Crippen MR) is 100 cm³/mol. The molecular weight excluding hydrogens is 371 g/mol. The van der Waals surface area contributed by atoms with Gasteiger partial charge in [0.15, 0.2) is 11.6 Å². The molecule has 0 aliphatic carbocycles. The molecule has 0 saturated heterocycles. The van der Waals surface area contributed by atoms with E-state index in [1.165, 1.54) is 6.07 Å². The number of halogens is 1. The molecule has 0 amide bonds. The summed E-state index contributed by atoms with van der Waals surface area (Å²) in [7, 11) is 0. The van der Waals surface area contributed by atoms with Crippen LogP contribution in [0.25, 0.3) is 0 Å². The van der Waals surface area contributed by atoms with E-state index < -0.39 is 10.7 Å². The van der Waals surface area contributed by atoms with Crippen LogP contribution in [0.2, 0.25) is 0 Å². The van der Waals surface area contributed by atoms with Crippen molar-refractivity contribution in [3.63, 3.8) is 0 Å². The van der Waals surface area contributed by atoms with E-state index >= 15 is 0 Å². The van der Waals surface area contributed by atoms with E-state index in [4.69, 9.17) is 4.74 Å². The van der Waals surface area contributed by atoms with E-state index in [1.807, 2.05) is 31.2 Å². The average Bonchev–Trinajstić information content (AvgIpc) is 2.67. The molecule has 0 aliphatic rings. The van der Waals surface area contributed by atoms with Gasteiger partial charge in [0.25, 0.3) is 5.69 Å². The van der Waals surface area contributed by atoms with E-state index in [9.17, 15) is 14.5 Å². The number of ether oxygens (including phenoxy) is 1. The fourth-order valence-electron chi connectivity index (χ4n) is 2.12. The van der Waals surface area contributed by atoms with Crippen LogP contribution < -0.4 is 9.46 Å². The summed E-state index contributed by atoms with van der Waals surface area (Å²) in [5.74, 6) is -0.809. The van der Waals surface area contributed by atoms with Crippen molar-refractivity contribution in [2.24, 2.45) is 0 Å². The molecule has 0 bridgehead atoms. The number of rotatable bonds is 7. The second kappa shape index (κ2) is 8.45. The fraction of sp³-hybridized carbons (Fsp3) is 0.111. The number of nitro benzene ring substituents is 1. The van der Waals surface area contributed by atoms with Crippen LogP contribution in [0.3, 0.4) is 0 Å². The van der Waals surface area contributed by atoms with Gasteiger partial charge < -0.3 is 9.46 Å². The Labute approximate surface area is 158 Å². The van der Waals surface area contributed by atoms with Crippen LogP contribution in [0.1, 0.15) is 11.1 Å². The van der Waals surface area contributed by atoms with Crippen molar-refractivity contribution in [2.75, 3.05) is 4.72 Å². The van der Waals surface area contributed by atoms with Gasteiger partial charge in [0, 0.05) is 6.07 Å². The number of aromatic nitrogens is 2. The zero-order valence-electron chi connectivity index (χ0n) is 14.3. The molecular formula is C18H15FN4O3S. The van der Waals surface area contributed by atoms with Gasteiger partial charge in [-0.2, -0.15) is 4.98 Å². The summed E-state index contributed by atoms with van der Waals surface area (Å²) in [6.07, 6.45) is 0.986. The first-order chi connectivity index (χ1) is 13.0. The third-order valence-corrected chi connectivity index (χ3v) is 4.39. The highest BCUT2D eigenvalue weighted by Crippen LogP contribution is 2.30. The van der Waals surface area contributed by atoms with E-state index in [0.717, 1.165) is 29.3 Å². The van der Waals surface area contributed by atoms with Crippen LogP contribution in [0.4, 0.5) is 15.9 Å². The van der Waals surface area contributed by atoms with Gasteiger partial charge >= 0.3 is 6.01 Å². The van der Waals surface area contributed by atoms with Crippen molar-refractivity contribution >= 4 is 23.5 Å². The second-order valence-electron chi connectivity index (χ2n) is 5.55. The number of hydrogen-bond donors (Lipinski definition) is 1. The molecule has 0 fully saturated rings. The maximum absolute atomic E-state index is 13.9. The predicted octanol–water partition coefficient (Wildman–Crippen LogP) is 4.53. The lowest BCUT2D eigenvalue weighted by molar-refractivity contribution is -0.387. The van der Waals surface area contributed by atoms with Gasteiger partial charge in [0.1, 0.15) is 11.5 Å². The maximum Gasteiger partial charge on any atom is 0.318 e. The molecule has 0 spiro atoms. The quantitative estimate of drug-likeness (QED) is 0.362. The van der Waals surface area contributed by atoms with Crippen LogP contribution in [-0.2, 0) is 6.61 Å². The summed E-state index contributed by atoms with van der Waals surface area (Å²) in [6.45, 7) is 2.23. The normalized spacial score (nSPS) is 10.4. The number of hydrogen-bond acceptors (Lipinski definition) is 7. The summed E-state index contributed by atoms with van der Waals surface area (Å²) in [4.78, 5) is 18.7. The minimum atomic E-state index is -0.691. The number of aryl methyl sites for hydroxylation is 1. The lowest BCUT2D eigenvalue weighted by Crippen LogP contribution is -2.03. The summed E-state index contributed by atoms with van der Waals surface area (Å²) in [5, 5.41) is 11.0. The first kappa shape index (κ1) is 18.6. The summed E-state index contributed by atoms with van der Waals surface area (Å²) in [6, 6.07) is 13.9. The number of nitro groups is 1. The van der Waals surface area contributed by atoms with Crippen molar-refractivity contribution in [3.8, 4) is 6.01 Å². The number of nitrogens with zero attached hydrogens (tertiary/aromatic N) is 3. The van der Waals surface area contributed by atoms with E-state index in [0.29, 0.717) is 4.90 Å². The van der Waals surface area contributed by atoms with Crippen molar-refractivity contribution in [2.45, 2.75) is 18.4 Å². The van der Waals surface area contributed by atoms with Gasteiger partial charge in [-0.05, 0) is 30.5 Å². The Kier molecular flexibility index (Phi) is 5.82. The van der Waals surface area contributed by atoms with Gasteiger partial charge in [-0.3, -0.25) is 10.1 Å². The summed E-state index contributed by atoms with van der Waals surface area (Å²) in [5.41, 5.74) is 1.98. The van der Waals surface area contributed by atoms with E-state index in [2.05, 4.69) is 14.7 Å². The molecule has 3 aromatic rings. The average molecular weight is 386 g/mol. The molecule has 1 N–H and O–H groups in total. The third-order valence-electron chi connectivity index (χ3n) is 3.53. The van der Waals surface area contributed by atoms with Crippen molar-refractivity contribution in [1.82, 2.24) is 9.97 Å².